The van der Waals surface area contributed by atoms with Crippen LogP contribution in [0.5, 0.6) is 0 Å². The van der Waals surface area contributed by atoms with Gasteiger partial charge in [-0.1, -0.05) is 70.4 Å². The smallest absolute Gasteiger partial charge is 0.326 e. The Morgan fingerprint density at radius 3 is 1.89 bits per heavy atom. The molecule has 1 fully saturated rings. The van der Waals surface area contributed by atoms with Gasteiger partial charge in [-0.05, 0) is 32.1 Å². The van der Waals surface area contributed by atoms with Crippen molar-refractivity contribution >= 4 is 17.8 Å². The quantitative estimate of drug-likeness (QED) is 0.226. The van der Waals surface area contributed by atoms with Crippen LogP contribution in [0.1, 0.15) is 103 Å². The maximum atomic E-state index is 11.7. The summed E-state index contributed by atoms with van der Waals surface area (Å²) >= 11 is 0. The molecule has 0 radical (unpaired) electrons. The fraction of sp³-hybridized carbons (Fsp3) is 0.773. The number of carbonyl (C=O) groups is 3. The van der Waals surface area contributed by atoms with Crippen LogP contribution in [0.3, 0.4) is 0 Å². The second-order valence-corrected chi connectivity index (χ2v) is 7.53. The highest BCUT2D eigenvalue weighted by molar-refractivity contribution is 6.04. The molecule has 0 aromatic carbocycles. The Morgan fingerprint density at radius 2 is 1.37 bits per heavy atom. The molecular weight excluding hydrogens is 342 g/mol. The fourth-order valence-corrected chi connectivity index (χ4v) is 3.54. The summed E-state index contributed by atoms with van der Waals surface area (Å²) in [5.41, 5.74) is 0. The monoisotopic (exact) mass is 379 g/mol. The maximum absolute atomic E-state index is 11.7. The van der Waals surface area contributed by atoms with E-state index < -0.39 is 12.0 Å². The second kappa shape index (κ2) is 14.4. The third kappa shape index (κ3) is 9.73. The molecule has 0 spiro atoms. The lowest BCUT2D eigenvalue weighted by Crippen LogP contribution is -2.44. The minimum absolute atomic E-state index is 0.147. The minimum atomic E-state index is -1.07. The van der Waals surface area contributed by atoms with Crippen LogP contribution in [0.15, 0.2) is 12.2 Å². The average Bonchev–Trinajstić information content (AvgIpc) is 2.97. The molecule has 0 saturated carbocycles. The number of carboxylic acids is 1. The Balaban J connectivity index is 2.04. The summed E-state index contributed by atoms with van der Waals surface area (Å²) < 4.78 is 0. The molecule has 2 amide bonds. The van der Waals surface area contributed by atoms with Crippen LogP contribution < -0.4 is 0 Å². The van der Waals surface area contributed by atoms with Crippen LogP contribution in [0.4, 0.5) is 0 Å². The molecule has 1 aliphatic rings. The number of aliphatic carboxylic acids is 1. The number of imide groups is 1. The summed E-state index contributed by atoms with van der Waals surface area (Å²) in [6, 6.07) is -0.982. The Kier molecular flexibility index (Phi) is 12.5. The van der Waals surface area contributed by atoms with E-state index in [9.17, 15) is 19.5 Å². The van der Waals surface area contributed by atoms with Crippen LogP contribution >= 0.6 is 0 Å². The number of carbonyl (C=O) groups excluding carboxylic acids is 2. The van der Waals surface area contributed by atoms with E-state index in [1.54, 1.807) is 0 Å². The first-order valence-electron chi connectivity index (χ1n) is 10.8. The predicted molar refractivity (Wildman–Crippen MR) is 107 cm³/mol. The van der Waals surface area contributed by atoms with Gasteiger partial charge >= 0.3 is 5.97 Å². The molecule has 1 atom stereocenters. The van der Waals surface area contributed by atoms with Crippen molar-refractivity contribution in [2.24, 2.45) is 0 Å². The average molecular weight is 380 g/mol. The summed E-state index contributed by atoms with van der Waals surface area (Å²) in [4.78, 5) is 35.8. The largest absolute Gasteiger partial charge is 0.480 e. The van der Waals surface area contributed by atoms with Crippen LogP contribution in [-0.2, 0) is 14.4 Å². The fourth-order valence-electron chi connectivity index (χ4n) is 3.54. The first-order chi connectivity index (χ1) is 13.1. The summed E-state index contributed by atoms with van der Waals surface area (Å²) in [7, 11) is 0. The topological polar surface area (TPSA) is 74.7 Å². The van der Waals surface area contributed by atoms with Gasteiger partial charge in [-0.15, -0.1) is 0 Å². The van der Waals surface area contributed by atoms with Gasteiger partial charge in [-0.2, -0.15) is 0 Å². The highest BCUT2D eigenvalue weighted by Crippen LogP contribution is 2.20. The summed E-state index contributed by atoms with van der Waals surface area (Å²) in [6.07, 6.45) is 19.2. The number of rotatable bonds is 16. The first kappa shape index (κ1) is 23.4. The number of allylic oxidation sites excluding steroid dienone is 2. The van der Waals surface area contributed by atoms with E-state index >= 15 is 0 Å². The molecule has 1 aliphatic heterocycles. The van der Waals surface area contributed by atoms with Gasteiger partial charge in [0.15, 0.2) is 0 Å². The number of hydrogen-bond donors (Lipinski definition) is 1. The van der Waals surface area contributed by atoms with Crippen LogP contribution in [0, 0.1) is 0 Å². The van der Waals surface area contributed by atoms with Crippen molar-refractivity contribution in [2.45, 2.75) is 109 Å². The minimum Gasteiger partial charge on any atom is -0.480 e. The zero-order chi connectivity index (χ0) is 19.9. The zero-order valence-electron chi connectivity index (χ0n) is 17.0. The molecule has 5 heteroatoms. The van der Waals surface area contributed by atoms with Crippen LogP contribution in [0.2, 0.25) is 0 Å². The van der Waals surface area contributed by atoms with Crippen molar-refractivity contribution in [1.82, 2.24) is 4.90 Å². The highest BCUT2D eigenvalue weighted by Gasteiger charge is 2.38. The van der Waals surface area contributed by atoms with Crippen molar-refractivity contribution in [3.05, 3.63) is 12.2 Å². The molecule has 1 rings (SSSR count). The molecule has 0 bridgehead atoms. The Labute approximate surface area is 164 Å². The van der Waals surface area contributed by atoms with E-state index in [0.717, 1.165) is 37.0 Å². The van der Waals surface area contributed by atoms with E-state index in [0.29, 0.717) is 6.42 Å². The van der Waals surface area contributed by atoms with Gasteiger partial charge in [-0.3, -0.25) is 14.5 Å². The van der Waals surface area contributed by atoms with E-state index in [2.05, 4.69) is 19.1 Å². The Hall–Kier alpha value is -1.65. The van der Waals surface area contributed by atoms with Crippen molar-refractivity contribution < 1.29 is 19.5 Å². The standard InChI is InChI=1S/C22H37NO4/c1-2-3-4-5-6-7-8-9-10-11-12-13-14-15-16-19(22(26)27)23-20(24)17-18-21(23)25/h9-10,19H,2-8,11-18H2,1H3,(H,26,27)/b10-9-. The molecule has 0 aromatic heterocycles. The Bertz CT molecular complexity index is 471. The maximum Gasteiger partial charge on any atom is 0.326 e. The zero-order valence-corrected chi connectivity index (χ0v) is 17.0. The molecule has 1 unspecified atom stereocenters. The number of amides is 2. The van der Waals surface area contributed by atoms with E-state index in [-0.39, 0.29) is 24.7 Å². The van der Waals surface area contributed by atoms with Crippen molar-refractivity contribution in [2.75, 3.05) is 0 Å². The van der Waals surface area contributed by atoms with E-state index in [4.69, 9.17) is 0 Å². The lowest BCUT2D eigenvalue weighted by molar-refractivity contribution is -0.154. The lowest BCUT2D eigenvalue weighted by atomic mass is 10.0. The molecule has 0 aromatic rings. The Morgan fingerprint density at radius 1 is 0.889 bits per heavy atom. The van der Waals surface area contributed by atoms with Crippen molar-refractivity contribution in [1.29, 1.82) is 0 Å². The normalized spacial score (nSPS) is 15.8. The molecule has 154 valence electrons. The third-order valence-corrected chi connectivity index (χ3v) is 5.18. The molecule has 1 saturated heterocycles. The molecular formula is C22H37NO4. The third-order valence-electron chi connectivity index (χ3n) is 5.18. The van der Waals surface area contributed by atoms with Gasteiger partial charge in [-0.25, -0.2) is 4.79 Å². The number of nitrogens with zero attached hydrogens (tertiary/aromatic N) is 1. The van der Waals surface area contributed by atoms with Gasteiger partial charge in [0.1, 0.15) is 6.04 Å². The van der Waals surface area contributed by atoms with Crippen molar-refractivity contribution in [3.8, 4) is 0 Å². The van der Waals surface area contributed by atoms with Gasteiger partial charge in [0.05, 0.1) is 0 Å². The lowest BCUT2D eigenvalue weighted by Gasteiger charge is -2.22. The van der Waals surface area contributed by atoms with Crippen molar-refractivity contribution in [3.63, 3.8) is 0 Å². The van der Waals surface area contributed by atoms with Gasteiger partial charge < -0.3 is 5.11 Å². The van der Waals surface area contributed by atoms with Gasteiger partial charge in [0, 0.05) is 12.8 Å². The summed E-state index contributed by atoms with van der Waals surface area (Å²) in [5.74, 6) is -1.76. The van der Waals surface area contributed by atoms with Gasteiger partial charge in [0.2, 0.25) is 11.8 Å². The SMILES string of the molecule is CCCCCCCC/C=C\CCCCCCC(C(=O)O)N1C(=O)CCC1=O. The highest BCUT2D eigenvalue weighted by atomic mass is 16.4. The molecule has 0 aliphatic carbocycles. The first-order valence-corrected chi connectivity index (χ1v) is 10.8. The number of hydrogen-bond acceptors (Lipinski definition) is 3. The predicted octanol–water partition coefficient (Wildman–Crippen LogP) is 5.24. The van der Waals surface area contributed by atoms with E-state index in [1.165, 1.54) is 44.9 Å². The number of carboxylic acid groups (broad SMARTS) is 1. The van der Waals surface area contributed by atoms with Crippen LogP contribution in [-0.4, -0.2) is 33.8 Å². The summed E-state index contributed by atoms with van der Waals surface area (Å²) in [5, 5.41) is 9.32. The molecule has 5 nitrogen and oxygen atoms in total. The second-order valence-electron chi connectivity index (χ2n) is 7.53. The van der Waals surface area contributed by atoms with Gasteiger partial charge in [0.25, 0.3) is 0 Å². The van der Waals surface area contributed by atoms with E-state index in [1.807, 2.05) is 0 Å². The molecule has 1 heterocycles. The van der Waals surface area contributed by atoms with Crippen LogP contribution in [0.25, 0.3) is 0 Å². The molecule has 27 heavy (non-hydrogen) atoms. The summed E-state index contributed by atoms with van der Waals surface area (Å²) in [6.45, 7) is 2.24. The number of likely N-dealkylation sites (tertiary alicyclic amines) is 1. The molecule has 1 N–H and O–H groups in total. The number of unbranched alkanes of at least 4 members (excludes halogenated alkanes) is 10.